The number of amides is 1. The van der Waals surface area contributed by atoms with Crippen LogP contribution >= 0.6 is 0 Å². The Kier molecular flexibility index (Phi) is 5.95. The molecule has 0 spiro atoms. The minimum absolute atomic E-state index is 0.0778. The van der Waals surface area contributed by atoms with Crippen LogP contribution < -0.4 is 11.1 Å². The number of rotatable bonds is 6. The highest BCUT2D eigenvalue weighted by Crippen LogP contribution is 2.08. The van der Waals surface area contributed by atoms with Gasteiger partial charge < -0.3 is 11.1 Å². The summed E-state index contributed by atoms with van der Waals surface area (Å²) in [7, 11) is -0.860. The Balaban J connectivity index is 2.58. The van der Waals surface area contributed by atoms with Crippen molar-refractivity contribution in [1.29, 1.82) is 0 Å². The first kappa shape index (κ1) is 15.6. The van der Waals surface area contributed by atoms with E-state index in [1.54, 1.807) is 18.4 Å². The summed E-state index contributed by atoms with van der Waals surface area (Å²) in [6.07, 6.45) is 3.09. The van der Waals surface area contributed by atoms with Crippen molar-refractivity contribution in [2.75, 3.05) is 18.5 Å². The molecule has 6 heteroatoms. The number of pyridine rings is 1. The number of hydrogen-bond acceptors (Lipinski definition) is 4. The first-order valence-electron chi connectivity index (χ1n) is 6.31. The fraction of sp³-hybridized carbons (Fsp3) is 0.538. The predicted octanol–water partition coefficient (Wildman–Crippen LogP) is 1.11. The van der Waals surface area contributed by atoms with Crippen molar-refractivity contribution in [3.8, 4) is 0 Å². The number of carbonyl (C=O) groups excluding carboxylic acids is 1. The van der Waals surface area contributed by atoms with E-state index in [0.717, 1.165) is 12.1 Å². The van der Waals surface area contributed by atoms with Gasteiger partial charge in [-0.05, 0) is 25.0 Å². The molecule has 19 heavy (non-hydrogen) atoms. The lowest BCUT2D eigenvalue weighted by atomic mass is 10.2. The highest BCUT2D eigenvalue weighted by molar-refractivity contribution is 7.84. The molecule has 0 fully saturated rings. The van der Waals surface area contributed by atoms with Gasteiger partial charge in [-0.3, -0.25) is 9.00 Å². The highest BCUT2D eigenvalue weighted by atomic mass is 32.2. The van der Waals surface area contributed by atoms with Crippen molar-refractivity contribution in [2.45, 2.75) is 31.9 Å². The summed E-state index contributed by atoms with van der Waals surface area (Å²) in [6.45, 7) is 4.37. The fourth-order valence-electron chi connectivity index (χ4n) is 1.58. The molecule has 0 aliphatic heterocycles. The molecule has 1 aromatic heterocycles. The van der Waals surface area contributed by atoms with Crippen LogP contribution in [0, 0.1) is 0 Å². The van der Waals surface area contributed by atoms with Gasteiger partial charge in [-0.2, -0.15) is 0 Å². The van der Waals surface area contributed by atoms with Gasteiger partial charge in [0.2, 0.25) is 0 Å². The van der Waals surface area contributed by atoms with E-state index in [1.165, 1.54) is 0 Å². The average Bonchev–Trinajstić information content (AvgIpc) is 2.37. The third-order valence-corrected chi connectivity index (χ3v) is 4.29. The number of anilines is 1. The van der Waals surface area contributed by atoms with E-state index in [2.05, 4.69) is 10.3 Å². The number of hydrogen-bond donors (Lipinski definition) is 2. The third-order valence-electron chi connectivity index (χ3n) is 2.93. The van der Waals surface area contributed by atoms with Gasteiger partial charge in [0.05, 0.1) is 0 Å². The SMILES string of the molecule is CCc1cc(C(=O)NCCC(C)S(C)=O)cc(N)n1. The molecule has 1 amide bonds. The van der Waals surface area contributed by atoms with Crippen LogP contribution in [0.4, 0.5) is 5.82 Å². The van der Waals surface area contributed by atoms with Crippen molar-refractivity contribution in [1.82, 2.24) is 10.3 Å². The molecule has 1 heterocycles. The molecule has 1 rings (SSSR count). The van der Waals surface area contributed by atoms with Crippen LogP contribution in [0.3, 0.4) is 0 Å². The summed E-state index contributed by atoms with van der Waals surface area (Å²) in [5.74, 6) is 0.186. The van der Waals surface area contributed by atoms with E-state index in [9.17, 15) is 9.00 Å². The number of nitrogens with two attached hydrogens (primary N) is 1. The van der Waals surface area contributed by atoms with Crippen LogP contribution in [0.25, 0.3) is 0 Å². The third kappa shape index (κ3) is 4.98. The molecule has 0 aliphatic carbocycles. The number of nitrogen functional groups attached to an aromatic ring is 1. The van der Waals surface area contributed by atoms with Crippen LogP contribution in [0.2, 0.25) is 0 Å². The van der Waals surface area contributed by atoms with E-state index < -0.39 is 10.8 Å². The average molecular weight is 283 g/mol. The second kappa shape index (κ2) is 7.23. The molecule has 0 bridgehead atoms. The summed E-state index contributed by atoms with van der Waals surface area (Å²) in [4.78, 5) is 16.1. The molecule has 2 unspecified atom stereocenters. The van der Waals surface area contributed by atoms with Gasteiger partial charge in [-0.15, -0.1) is 0 Å². The van der Waals surface area contributed by atoms with Gasteiger partial charge >= 0.3 is 0 Å². The lowest BCUT2D eigenvalue weighted by molar-refractivity contribution is 0.0953. The number of aryl methyl sites for hydroxylation is 1. The van der Waals surface area contributed by atoms with Crippen LogP contribution in [0.5, 0.6) is 0 Å². The zero-order valence-corrected chi connectivity index (χ0v) is 12.4. The Labute approximate surface area is 116 Å². The predicted molar refractivity (Wildman–Crippen MR) is 78.5 cm³/mol. The molecule has 0 radical (unpaired) electrons. The summed E-state index contributed by atoms with van der Waals surface area (Å²) < 4.78 is 11.2. The van der Waals surface area contributed by atoms with Gasteiger partial charge in [0.15, 0.2) is 0 Å². The van der Waals surface area contributed by atoms with E-state index in [-0.39, 0.29) is 11.2 Å². The van der Waals surface area contributed by atoms with Crippen LogP contribution in [-0.2, 0) is 17.2 Å². The molecule has 0 saturated carbocycles. The van der Waals surface area contributed by atoms with E-state index in [4.69, 9.17) is 5.73 Å². The molecular weight excluding hydrogens is 262 g/mol. The summed E-state index contributed by atoms with van der Waals surface area (Å²) in [6, 6.07) is 3.31. The van der Waals surface area contributed by atoms with E-state index in [0.29, 0.717) is 24.3 Å². The van der Waals surface area contributed by atoms with Crippen LogP contribution in [0.1, 0.15) is 36.3 Å². The molecule has 2 atom stereocenters. The maximum Gasteiger partial charge on any atom is 0.251 e. The first-order valence-corrected chi connectivity index (χ1v) is 7.93. The van der Waals surface area contributed by atoms with Crippen LogP contribution in [-0.4, -0.2) is 33.2 Å². The largest absolute Gasteiger partial charge is 0.384 e. The van der Waals surface area contributed by atoms with Gasteiger partial charge in [-0.25, -0.2) is 4.98 Å². The Morgan fingerprint density at radius 1 is 1.53 bits per heavy atom. The minimum Gasteiger partial charge on any atom is -0.384 e. The molecule has 0 aromatic carbocycles. The second-order valence-corrected chi connectivity index (χ2v) is 6.28. The molecule has 5 nitrogen and oxygen atoms in total. The molecule has 3 N–H and O–H groups in total. The Bertz CT molecular complexity index is 477. The maximum absolute atomic E-state index is 11.9. The fourth-order valence-corrected chi connectivity index (χ4v) is 2.03. The van der Waals surface area contributed by atoms with Gasteiger partial charge in [0.1, 0.15) is 5.82 Å². The molecular formula is C13H21N3O2S. The summed E-state index contributed by atoms with van der Waals surface area (Å²) in [5.41, 5.74) is 6.98. The van der Waals surface area contributed by atoms with Crippen molar-refractivity contribution < 1.29 is 9.00 Å². The zero-order chi connectivity index (χ0) is 14.4. The van der Waals surface area contributed by atoms with Crippen molar-refractivity contribution >= 4 is 22.5 Å². The maximum atomic E-state index is 11.9. The normalized spacial score (nSPS) is 13.8. The Morgan fingerprint density at radius 2 is 2.21 bits per heavy atom. The summed E-state index contributed by atoms with van der Waals surface area (Å²) in [5, 5.41) is 2.88. The van der Waals surface area contributed by atoms with Crippen LogP contribution in [0.15, 0.2) is 12.1 Å². The van der Waals surface area contributed by atoms with Gasteiger partial charge in [0.25, 0.3) is 5.91 Å². The minimum atomic E-state index is -0.860. The molecule has 106 valence electrons. The number of aromatic nitrogens is 1. The van der Waals surface area contributed by atoms with Crippen molar-refractivity contribution in [2.24, 2.45) is 0 Å². The standard InChI is InChI=1S/C13H21N3O2S/c1-4-11-7-10(8-12(14)16-11)13(17)15-6-5-9(2)19(3)18/h7-9H,4-6H2,1-3H3,(H2,14,16)(H,15,17). The van der Waals surface area contributed by atoms with Crippen molar-refractivity contribution in [3.63, 3.8) is 0 Å². The molecule has 0 saturated heterocycles. The summed E-state index contributed by atoms with van der Waals surface area (Å²) >= 11 is 0. The number of nitrogens with zero attached hydrogens (tertiary/aromatic N) is 1. The van der Waals surface area contributed by atoms with E-state index >= 15 is 0 Å². The van der Waals surface area contributed by atoms with E-state index in [1.807, 2.05) is 13.8 Å². The van der Waals surface area contributed by atoms with Gasteiger partial charge in [0, 0.05) is 40.1 Å². The quantitative estimate of drug-likeness (QED) is 0.819. The second-order valence-electron chi connectivity index (χ2n) is 4.48. The molecule has 0 aliphatic rings. The van der Waals surface area contributed by atoms with Gasteiger partial charge in [-0.1, -0.05) is 13.8 Å². The zero-order valence-electron chi connectivity index (χ0n) is 11.6. The van der Waals surface area contributed by atoms with Crippen molar-refractivity contribution in [3.05, 3.63) is 23.4 Å². The number of nitrogens with one attached hydrogen (secondary N) is 1. The monoisotopic (exact) mass is 283 g/mol. The number of carbonyl (C=O) groups is 1. The smallest absolute Gasteiger partial charge is 0.251 e. The Morgan fingerprint density at radius 3 is 2.79 bits per heavy atom. The first-order chi connectivity index (χ1) is 8.93. The molecule has 1 aromatic rings. The lowest BCUT2D eigenvalue weighted by Gasteiger charge is -2.10. The highest BCUT2D eigenvalue weighted by Gasteiger charge is 2.10. The topological polar surface area (TPSA) is 85.1 Å². The Hall–Kier alpha value is -1.43. The lowest BCUT2D eigenvalue weighted by Crippen LogP contribution is -2.27.